The number of methoxy groups -OCH3 is 1. The Morgan fingerprint density at radius 3 is 2.52 bits per heavy atom. The second kappa shape index (κ2) is 5.00. The van der Waals surface area contributed by atoms with Crippen LogP contribution >= 0.6 is 15.9 Å². The molecule has 0 bridgehead atoms. The molecule has 0 fully saturated rings. The molecule has 0 saturated heterocycles. The molecule has 0 amide bonds. The number of rotatable bonds is 2. The Morgan fingerprint density at radius 1 is 1.24 bits per heavy atom. The molecule has 4 nitrogen and oxygen atoms in total. The Morgan fingerprint density at radius 2 is 1.90 bits per heavy atom. The Balaban J connectivity index is 2.40. The van der Waals surface area contributed by atoms with E-state index >= 15 is 0 Å². The lowest BCUT2D eigenvalue weighted by Gasteiger charge is -2.07. The molecule has 0 radical (unpaired) electrons. The summed E-state index contributed by atoms with van der Waals surface area (Å²) in [7, 11) is 1.17. The van der Waals surface area contributed by atoms with Crippen LogP contribution in [0.4, 0.5) is 8.78 Å². The predicted octanol–water partition coefficient (Wildman–Crippen LogP) is 3.37. The molecule has 0 saturated carbocycles. The first kappa shape index (κ1) is 13.8. The summed E-state index contributed by atoms with van der Waals surface area (Å²) in [4.78, 5) is 14.5. The fourth-order valence-electron chi connectivity index (χ4n) is 2.20. The van der Waals surface area contributed by atoms with Gasteiger partial charge in [-0.15, -0.1) is 0 Å². The second-order valence-corrected chi connectivity index (χ2v) is 5.26. The lowest BCUT2D eigenvalue weighted by atomic mass is 10.2. The molecule has 0 unspecified atom stereocenters. The van der Waals surface area contributed by atoms with Crippen LogP contribution in [0.2, 0.25) is 0 Å². The molecule has 1 aromatic heterocycles. The molecule has 108 valence electrons. The van der Waals surface area contributed by atoms with Gasteiger partial charge in [0, 0.05) is 10.5 Å². The van der Waals surface area contributed by atoms with Crippen molar-refractivity contribution in [1.29, 1.82) is 0 Å². The van der Waals surface area contributed by atoms with E-state index in [0.29, 0.717) is 5.69 Å². The van der Waals surface area contributed by atoms with Crippen molar-refractivity contribution in [3.8, 4) is 11.4 Å². The predicted molar refractivity (Wildman–Crippen MR) is 78.1 cm³/mol. The largest absolute Gasteiger partial charge is 0.491 e. The van der Waals surface area contributed by atoms with E-state index in [9.17, 15) is 13.6 Å². The van der Waals surface area contributed by atoms with E-state index in [1.807, 2.05) is 0 Å². The summed E-state index contributed by atoms with van der Waals surface area (Å²) >= 11 is 3.28. The number of aromatic amines is 1. The first-order valence-electron chi connectivity index (χ1n) is 5.95. The first-order chi connectivity index (χ1) is 10.0. The molecule has 2 aromatic carbocycles. The highest BCUT2D eigenvalue weighted by molar-refractivity contribution is 9.10. The molecule has 3 aromatic rings. The van der Waals surface area contributed by atoms with Gasteiger partial charge in [-0.25, -0.2) is 13.6 Å². The van der Waals surface area contributed by atoms with Gasteiger partial charge < -0.3 is 9.72 Å². The van der Waals surface area contributed by atoms with Crippen LogP contribution in [-0.2, 0) is 0 Å². The summed E-state index contributed by atoms with van der Waals surface area (Å²) in [6.07, 6.45) is 0. The number of H-pyrrole nitrogens is 1. The van der Waals surface area contributed by atoms with Gasteiger partial charge in [-0.2, -0.15) is 0 Å². The third kappa shape index (κ3) is 2.13. The summed E-state index contributed by atoms with van der Waals surface area (Å²) in [5, 5.41) is 0. The summed E-state index contributed by atoms with van der Waals surface area (Å²) < 4.78 is 34.8. The molecular formula is C14H9BrF2N2O2. The molecular weight excluding hydrogens is 346 g/mol. The highest BCUT2D eigenvalue weighted by Crippen LogP contribution is 2.29. The monoisotopic (exact) mass is 354 g/mol. The lowest BCUT2D eigenvalue weighted by Crippen LogP contribution is -2.15. The van der Waals surface area contributed by atoms with E-state index in [0.717, 1.165) is 15.1 Å². The maximum Gasteiger partial charge on any atom is 0.331 e. The van der Waals surface area contributed by atoms with E-state index in [2.05, 4.69) is 20.9 Å². The number of aromatic nitrogens is 2. The van der Waals surface area contributed by atoms with Crippen molar-refractivity contribution in [2.24, 2.45) is 0 Å². The molecule has 0 aliphatic heterocycles. The van der Waals surface area contributed by atoms with Crippen molar-refractivity contribution in [3.05, 3.63) is 56.9 Å². The first-order valence-corrected chi connectivity index (χ1v) is 6.75. The second-order valence-electron chi connectivity index (χ2n) is 4.34. The van der Waals surface area contributed by atoms with Crippen molar-refractivity contribution < 1.29 is 13.5 Å². The maximum atomic E-state index is 14.4. The van der Waals surface area contributed by atoms with Gasteiger partial charge in [0.25, 0.3) is 0 Å². The fraction of sp³-hybridized carbons (Fsp3) is 0.0714. The normalized spacial score (nSPS) is 11.0. The number of halogens is 3. The molecule has 21 heavy (non-hydrogen) atoms. The fourth-order valence-corrected chi connectivity index (χ4v) is 2.47. The third-order valence-corrected chi connectivity index (χ3v) is 3.64. The molecule has 1 heterocycles. The SMILES string of the molecule is COc1c(F)cc2[nH]c(=O)n(-c3ccc(Br)cc3)c2c1F. The van der Waals surface area contributed by atoms with E-state index in [4.69, 9.17) is 4.74 Å². The van der Waals surface area contributed by atoms with Gasteiger partial charge in [-0.3, -0.25) is 4.57 Å². The molecule has 0 aliphatic rings. The number of ether oxygens (including phenoxy) is 1. The molecule has 0 spiro atoms. The molecule has 3 rings (SSSR count). The highest BCUT2D eigenvalue weighted by Gasteiger charge is 2.20. The number of hydrogen-bond donors (Lipinski definition) is 1. The van der Waals surface area contributed by atoms with Gasteiger partial charge in [0.15, 0.2) is 17.4 Å². The van der Waals surface area contributed by atoms with E-state index < -0.39 is 23.1 Å². The van der Waals surface area contributed by atoms with Crippen molar-refractivity contribution >= 4 is 27.0 Å². The maximum absolute atomic E-state index is 14.4. The minimum atomic E-state index is -0.922. The topological polar surface area (TPSA) is 47.0 Å². The Bertz CT molecular complexity index is 885. The average molecular weight is 355 g/mol. The van der Waals surface area contributed by atoms with Crippen molar-refractivity contribution in [1.82, 2.24) is 9.55 Å². The molecule has 0 atom stereocenters. The van der Waals surface area contributed by atoms with Crippen LogP contribution in [0.3, 0.4) is 0 Å². The number of nitrogens with one attached hydrogen (secondary N) is 1. The minimum Gasteiger partial charge on any atom is -0.491 e. The lowest BCUT2D eigenvalue weighted by molar-refractivity contribution is 0.362. The number of imidazole rings is 1. The van der Waals surface area contributed by atoms with Crippen LogP contribution in [0.5, 0.6) is 5.75 Å². The van der Waals surface area contributed by atoms with Gasteiger partial charge in [0.1, 0.15) is 5.52 Å². The summed E-state index contributed by atoms with van der Waals surface area (Å²) in [6, 6.07) is 7.77. The molecule has 0 aliphatic carbocycles. The van der Waals surface area contributed by atoms with E-state index in [-0.39, 0.29) is 11.0 Å². The zero-order valence-corrected chi connectivity index (χ0v) is 12.4. The van der Waals surface area contributed by atoms with Gasteiger partial charge in [0.05, 0.1) is 18.3 Å². The van der Waals surface area contributed by atoms with Crippen LogP contribution in [-0.4, -0.2) is 16.7 Å². The zero-order chi connectivity index (χ0) is 15.1. The van der Waals surface area contributed by atoms with Gasteiger partial charge in [-0.1, -0.05) is 15.9 Å². The summed E-state index contributed by atoms with van der Waals surface area (Å²) in [6.45, 7) is 0. The van der Waals surface area contributed by atoms with Crippen LogP contribution in [0, 0.1) is 11.6 Å². The van der Waals surface area contributed by atoms with Crippen molar-refractivity contribution in [2.45, 2.75) is 0 Å². The van der Waals surface area contributed by atoms with Gasteiger partial charge in [0.2, 0.25) is 0 Å². The molecule has 7 heteroatoms. The quantitative estimate of drug-likeness (QED) is 0.766. The van der Waals surface area contributed by atoms with Crippen LogP contribution in [0.15, 0.2) is 39.6 Å². The summed E-state index contributed by atoms with van der Waals surface area (Å²) in [5.41, 5.74) is -0.0832. The number of benzene rings is 2. The van der Waals surface area contributed by atoms with Crippen molar-refractivity contribution in [3.63, 3.8) is 0 Å². The zero-order valence-electron chi connectivity index (χ0n) is 10.8. The highest BCUT2D eigenvalue weighted by atomic mass is 79.9. The van der Waals surface area contributed by atoms with Crippen molar-refractivity contribution in [2.75, 3.05) is 7.11 Å². The standard InChI is InChI=1S/C14H9BrF2N2O2/c1-21-13-9(16)6-10-12(11(13)17)19(14(20)18-10)8-4-2-7(15)3-5-8/h2-6H,1H3,(H,18,20). The van der Waals surface area contributed by atoms with Crippen LogP contribution in [0.25, 0.3) is 16.7 Å². The molecule has 1 N–H and O–H groups in total. The number of fused-ring (bicyclic) bond motifs is 1. The van der Waals surface area contributed by atoms with E-state index in [1.165, 1.54) is 7.11 Å². The van der Waals surface area contributed by atoms with E-state index in [1.54, 1.807) is 24.3 Å². The van der Waals surface area contributed by atoms with Crippen LogP contribution in [0.1, 0.15) is 0 Å². The summed E-state index contributed by atoms with van der Waals surface area (Å²) in [5.74, 6) is -2.31. The Hall–Kier alpha value is -2.15. The Labute approximate surface area is 126 Å². The number of nitrogens with zero attached hydrogens (tertiary/aromatic N) is 1. The third-order valence-electron chi connectivity index (χ3n) is 3.11. The smallest absolute Gasteiger partial charge is 0.331 e. The Kier molecular flexibility index (Phi) is 3.29. The van der Waals surface area contributed by atoms with Gasteiger partial charge >= 0.3 is 5.69 Å². The average Bonchev–Trinajstić information content (AvgIpc) is 2.76. The number of hydrogen-bond acceptors (Lipinski definition) is 2. The van der Waals surface area contributed by atoms with Gasteiger partial charge in [-0.05, 0) is 24.3 Å². The van der Waals surface area contributed by atoms with Crippen LogP contribution < -0.4 is 10.4 Å². The minimum absolute atomic E-state index is 0.0550.